The number of carbonyl (C=O) groups is 1. The summed E-state index contributed by atoms with van der Waals surface area (Å²) < 4.78 is 21.2. The molecule has 1 saturated carbocycles. The monoisotopic (exact) mass is 379 g/mol. The van der Waals surface area contributed by atoms with E-state index >= 15 is 0 Å². The number of amides is 1. The van der Waals surface area contributed by atoms with E-state index in [2.05, 4.69) is 10.3 Å². The molecule has 1 aromatic heterocycles. The number of ether oxygens (including phenoxy) is 1. The highest BCUT2D eigenvalue weighted by atomic mass is 19.1. The Morgan fingerprint density at radius 2 is 2.11 bits per heavy atom. The zero-order valence-electron chi connectivity index (χ0n) is 15.8. The van der Waals surface area contributed by atoms with Crippen LogP contribution in [0.5, 0.6) is 5.75 Å². The summed E-state index contributed by atoms with van der Waals surface area (Å²) in [6, 6.07) is 13.8. The van der Waals surface area contributed by atoms with Crippen molar-refractivity contribution in [3.8, 4) is 5.75 Å². The molecule has 0 spiro atoms. The van der Waals surface area contributed by atoms with Gasteiger partial charge in [0.1, 0.15) is 23.4 Å². The van der Waals surface area contributed by atoms with Crippen molar-refractivity contribution in [3.05, 3.63) is 83.7 Å². The number of nitrogens with zero attached hydrogens (tertiary/aromatic N) is 2. The zero-order chi connectivity index (χ0) is 19.7. The van der Waals surface area contributed by atoms with Crippen molar-refractivity contribution < 1.29 is 13.9 Å². The van der Waals surface area contributed by atoms with Crippen molar-refractivity contribution in [2.24, 2.45) is 13.0 Å². The van der Waals surface area contributed by atoms with Crippen LogP contribution in [0.15, 0.2) is 60.9 Å². The van der Waals surface area contributed by atoms with Crippen molar-refractivity contribution in [2.75, 3.05) is 7.11 Å². The maximum absolute atomic E-state index is 14.0. The Labute approximate surface area is 163 Å². The lowest BCUT2D eigenvalue weighted by atomic mass is 10.0. The molecule has 144 valence electrons. The molecular formula is C22H22FN3O2. The van der Waals surface area contributed by atoms with E-state index in [4.69, 9.17) is 4.74 Å². The van der Waals surface area contributed by atoms with E-state index in [1.165, 1.54) is 6.07 Å². The molecule has 3 atom stereocenters. The molecule has 6 heteroatoms. The van der Waals surface area contributed by atoms with E-state index in [1.807, 2.05) is 42.1 Å². The second-order valence-electron chi connectivity index (χ2n) is 7.08. The van der Waals surface area contributed by atoms with Gasteiger partial charge in [-0.25, -0.2) is 9.37 Å². The third-order valence-electron chi connectivity index (χ3n) is 5.26. The second kappa shape index (κ2) is 7.46. The minimum absolute atomic E-state index is 0.0754. The Kier molecular flexibility index (Phi) is 4.86. The first-order valence-corrected chi connectivity index (χ1v) is 9.24. The number of halogens is 1. The third-order valence-corrected chi connectivity index (χ3v) is 5.26. The minimum atomic E-state index is -0.413. The molecule has 1 N–H and O–H groups in total. The summed E-state index contributed by atoms with van der Waals surface area (Å²) in [6.07, 6.45) is 4.19. The number of nitrogens with one attached hydrogen (secondary N) is 1. The summed E-state index contributed by atoms with van der Waals surface area (Å²) in [5.74, 6) is 0.783. The van der Waals surface area contributed by atoms with Gasteiger partial charge in [0.2, 0.25) is 5.91 Å². The Morgan fingerprint density at radius 1 is 1.29 bits per heavy atom. The molecule has 1 aliphatic carbocycles. The smallest absolute Gasteiger partial charge is 0.224 e. The Bertz CT molecular complexity index is 1000. The molecule has 1 heterocycles. The van der Waals surface area contributed by atoms with Crippen LogP contribution in [0.25, 0.3) is 0 Å². The molecule has 0 radical (unpaired) electrons. The number of hydrogen-bond donors (Lipinski definition) is 1. The average molecular weight is 379 g/mol. The van der Waals surface area contributed by atoms with Crippen LogP contribution in [0.2, 0.25) is 0 Å². The van der Waals surface area contributed by atoms with Crippen LogP contribution in [-0.2, 0) is 11.8 Å². The van der Waals surface area contributed by atoms with Crippen LogP contribution < -0.4 is 10.1 Å². The van der Waals surface area contributed by atoms with Gasteiger partial charge in [-0.2, -0.15) is 0 Å². The quantitative estimate of drug-likeness (QED) is 0.712. The van der Waals surface area contributed by atoms with Crippen molar-refractivity contribution in [1.82, 2.24) is 14.9 Å². The first kappa shape index (κ1) is 18.2. The van der Waals surface area contributed by atoms with Gasteiger partial charge in [-0.1, -0.05) is 30.3 Å². The molecule has 1 aliphatic rings. The lowest BCUT2D eigenvalue weighted by Crippen LogP contribution is -2.32. The average Bonchev–Trinajstić information content (AvgIpc) is 3.40. The molecule has 28 heavy (non-hydrogen) atoms. The normalized spacial score (nSPS) is 19.1. The molecule has 3 aromatic rings. The van der Waals surface area contributed by atoms with Gasteiger partial charge in [0, 0.05) is 25.4 Å². The summed E-state index contributed by atoms with van der Waals surface area (Å²) in [5, 5.41) is 3.11. The standard InChI is InChI=1S/C22H22FN3O2/c1-26-11-10-24-21(26)20(14-6-5-7-15(12-14)28-2)25-22(27)18-13-17(18)16-8-3-4-9-19(16)23/h3-12,17-18,20H,13H2,1-2H3,(H,25,27). The number of carbonyl (C=O) groups excluding carboxylic acids is 1. The van der Waals surface area contributed by atoms with Gasteiger partial charge >= 0.3 is 0 Å². The SMILES string of the molecule is COc1cccc(C(NC(=O)C2CC2c2ccccc2F)c2nccn2C)c1. The van der Waals surface area contributed by atoms with E-state index in [-0.39, 0.29) is 23.6 Å². The number of aromatic nitrogens is 2. The van der Waals surface area contributed by atoms with Gasteiger partial charge in [-0.15, -0.1) is 0 Å². The van der Waals surface area contributed by atoms with E-state index in [0.29, 0.717) is 17.7 Å². The highest BCUT2D eigenvalue weighted by Gasteiger charge is 2.45. The van der Waals surface area contributed by atoms with Crippen LogP contribution in [0.4, 0.5) is 4.39 Å². The molecule has 1 fully saturated rings. The van der Waals surface area contributed by atoms with Gasteiger partial charge in [0.05, 0.1) is 7.11 Å². The lowest BCUT2D eigenvalue weighted by molar-refractivity contribution is -0.123. The van der Waals surface area contributed by atoms with Gasteiger partial charge < -0.3 is 14.6 Å². The third kappa shape index (κ3) is 3.50. The number of aryl methyl sites for hydroxylation is 1. The van der Waals surface area contributed by atoms with Crippen molar-refractivity contribution in [3.63, 3.8) is 0 Å². The molecule has 4 rings (SSSR count). The first-order chi connectivity index (χ1) is 13.6. The fraction of sp³-hybridized carbons (Fsp3) is 0.273. The fourth-order valence-electron chi connectivity index (χ4n) is 3.63. The first-order valence-electron chi connectivity index (χ1n) is 9.24. The molecule has 0 bridgehead atoms. The summed E-state index contributed by atoms with van der Waals surface area (Å²) >= 11 is 0. The molecule has 3 unspecified atom stereocenters. The van der Waals surface area contributed by atoms with E-state index in [1.54, 1.807) is 31.5 Å². The van der Waals surface area contributed by atoms with Crippen LogP contribution in [-0.4, -0.2) is 22.6 Å². The van der Waals surface area contributed by atoms with Gasteiger partial charge in [0.25, 0.3) is 0 Å². The number of rotatable bonds is 6. The topological polar surface area (TPSA) is 56.1 Å². The van der Waals surface area contributed by atoms with Crippen LogP contribution in [0, 0.1) is 11.7 Å². The summed E-state index contributed by atoms with van der Waals surface area (Å²) in [7, 11) is 3.50. The summed E-state index contributed by atoms with van der Waals surface area (Å²) in [4.78, 5) is 17.4. The fourth-order valence-corrected chi connectivity index (χ4v) is 3.63. The number of imidazole rings is 1. The molecule has 1 amide bonds. The molecule has 0 saturated heterocycles. The van der Waals surface area contributed by atoms with Crippen molar-refractivity contribution in [2.45, 2.75) is 18.4 Å². The van der Waals surface area contributed by atoms with Crippen LogP contribution in [0.1, 0.15) is 35.3 Å². The van der Waals surface area contributed by atoms with E-state index in [9.17, 15) is 9.18 Å². The van der Waals surface area contributed by atoms with Crippen LogP contribution >= 0.6 is 0 Å². The molecular weight excluding hydrogens is 357 g/mol. The molecule has 2 aromatic carbocycles. The van der Waals surface area contributed by atoms with Crippen LogP contribution in [0.3, 0.4) is 0 Å². The zero-order valence-corrected chi connectivity index (χ0v) is 15.8. The maximum atomic E-state index is 14.0. The van der Waals surface area contributed by atoms with Crippen molar-refractivity contribution in [1.29, 1.82) is 0 Å². The van der Waals surface area contributed by atoms with Gasteiger partial charge in [-0.3, -0.25) is 4.79 Å². The largest absolute Gasteiger partial charge is 0.497 e. The van der Waals surface area contributed by atoms with Crippen molar-refractivity contribution >= 4 is 5.91 Å². The lowest BCUT2D eigenvalue weighted by Gasteiger charge is -2.20. The minimum Gasteiger partial charge on any atom is -0.497 e. The van der Waals surface area contributed by atoms with E-state index in [0.717, 1.165) is 11.4 Å². The highest BCUT2D eigenvalue weighted by Crippen LogP contribution is 2.48. The molecule has 5 nitrogen and oxygen atoms in total. The predicted octanol–water partition coefficient (Wildman–Crippen LogP) is 3.58. The van der Waals surface area contributed by atoms with Gasteiger partial charge in [0.15, 0.2) is 0 Å². The van der Waals surface area contributed by atoms with Gasteiger partial charge in [-0.05, 0) is 41.7 Å². The summed E-state index contributed by atoms with van der Waals surface area (Å²) in [5.41, 5.74) is 1.49. The Morgan fingerprint density at radius 3 is 2.82 bits per heavy atom. The van der Waals surface area contributed by atoms with E-state index < -0.39 is 6.04 Å². The number of methoxy groups -OCH3 is 1. The highest BCUT2D eigenvalue weighted by molar-refractivity contribution is 5.83. The predicted molar refractivity (Wildman–Crippen MR) is 103 cm³/mol. The summed E-state index contributed by atoms with van der Waals surface area (Å²) in [6.45, 7) is 0. The maximum Gasteiger partial charge on any atom is 0.224 e. The Balaban J connectivity index is 1.57. The Hall–Kier alpha value is -3.15. The second-order valence-corrected chi connectivity index (χ2v) is 7.08. The molecule has 0 aliphatic heterocycles. The number of hydrogen-bond acceptors (Lipinski definition) is 3. The number of benzene rings is 2.